The Labute approximate surface area is 151 Å². The largest absolute Gasteiger partial charge is 0.458 e. The minimum absolute atomic E-state index is 0.115. The average Bonchev–Trinajstić information content (AvgIpc) is 2.91. The summed E-state index contributed by atoms with van der Waals surface area (Å²) in [5, 5.41) is 28.2. The first kappa shape index (κ1) is 20.1. The molecule has 1 aliphatic heterocycles. The zero-order valence-electron chi connectivity index (χ0n) is 14.5. The maximum absolute atomic E-state index is 12.1. The van der Waals surface area contributed by atoms with Crippen LogP contribution in [0.3, 0.4) is 0 Å². The summed E-state index contributed by atoms with van der Waals surface area (Å²) in [6, 6.07) is 0. The lowest BCUT2D eigenvalue weighted by Crippen LogP contribution is -2.34. The maximum Gasteiger partial charge on any atom is 0.336 e. The predicted octanol–water partition coefficient (Wildman–Crippen LogP) is 0.566. The van der Waals surface area contributed by atoms with E-state index in [2.05, 4.69) is 13.2 Å². The van der Waals surface area contributed by atoms with Crippen molar-refractivity contribution in [1.82, 2.24) is 0 Å². The molecule has 1 heterocycles. The maximum atomic E-state index is 12.1. The van der Waals surface area contributed by atoms with Crippen molar-refractivity contribution < 1.29 is 34.4 Å². The molecule has 3 N–H and O–H groups in total. The molecule has 1 fully saturated rings. The summed E-state index contributed by atoms with van der Waals surface area (Å²) in [5.41, 5.74) is 1.37. The summed E-state index contributed by atoms with van der Waals surface area (Å²) in [6.07, 6.45) is 3.27. The molecule has 7 nitrogen and oxygen atoms in total. The fraction of sp³-hybridized carbons (Fsp3) is 0.474. The second-order valence-electron chi connectivity index (χ2n) is 6.37. The van der Waals surface area contributed by atoms with E-state index in [4.69, 9.17) is 14.6 Å². The van der Waals surface area contributed by atoms with Crippen LogP contribution in [0.1, 0.15) is 19.3 Å². The highest BCUT2D eigenvalue weighted by molar-refractivity contribution is 5.92. The Morgan fingerprint density at radius 1 is 1.27 bits per heavy atom. The molecule has 26 heavy (non-hydrogen) atoms. The van der Waals surface area contributed by atoms with Crippen LogP contribution in [0.15, 0.2) is 47.6 Å². The Bertz CT molecular complexity index is 659. The molecule has 0 aromatic heterocycles. The third-order valence-corrected chi connectivity index (χ3v) is 4.57. The number of hydrogen-bond acceptors (Lipinski definition) is 7. The minimum Gasteiger partial charge on any atom is -0.458 e. The molecule has 0 spiro atoms. The molecule has 0 unspecified atom stereocenters. The van der Waals surface area contributed by atoms with Crippen LogP contribution in [0, 0.1) is 5.92 Å². The van der Waals surface area contributed by atoms with E-state index in [9.17, 15) is 19.8 Å². The SMILES string of the molecule is C=C(CO)C(=O)O[C@H]1C/C(CO)=C\CC/C(CO)=C\[C@H]2OC(=O)C(=C)[C@H]12. The van der Waals surface area contributed by atoms with Gasteiger partial charge in [0.1, 0.15) is 12.2 Å². The van der Waals surface area contributed by atoms with E-state index < -0.39 is 36.7 Å². The van der Waals surface area contributed by atoms with Crippen molar-refractivity contribution in [2.75, 3.05) is 19.8 Å². The molecule has 2 aliphatic rings. The minimum atomic E-state index is -0.831. The number of fused-ring (bicyclic) bond motifs is 1. The summed E-state index contributed by atoms with van der Waals surface area (Å²) in [6.45, 7) is 6.23. The van der Waals surface area contributed by atoms with Crippen molar-refractivity contribution in [3.63, 3.8) is 0 Å². The first-order valence-electron chi connectivity index (χ1n) is 8.39. The summed E-state index contributed by atoms with van der Waals surface area (Å²) >= 11 is 0. The number of carbonyl (C=O) groups excluding carboxylic acids is 2. The number of aliphatic hydroxyl groups excluding tert-OH is 3. The molecule has 1 aliphatic carbocycles. The Morgan fingerprint density at radius 3 is 2.58 bits per heavy atom. The summed E-state index contributed by atoms with van der Waals surface area (Å²) in [7, 11) is 0. The van der Waals surface area contributed by atoms with Gasteiger partial charge in [0.2, 0.25) is 0 Å². The van der Waals surface area contributed by atoms with Crippen molar-refractivity contribution in [2.45, 2.75) is 31.5 Å². The van der Waals surface area contributed by atoms with E-state index in [0.717, 1.165) is 0 Å². The number of aliphatic hydroxyl groups is 3. The zero-order valence-corrected chi connectivity index (χ0v) is 14.5. The van der Waals surface area contributed by atoms with Gasteiger partial charge in [0.15, 0.2) is 0 Å². The van der Waals surface area contributed by atoms with Crippen LogP contribution in [0.25, 0.3) is 0 Å². The number of allylic oxidation sites excluding steroid dienone is 1. The molecule has 7 heteroatoms. The van der Waals surface area contributed by atoms with Crippen molar-refractivity contribution in [2.24, 2.45) is 5.92 Å². The van der Waals surface area contributed by atoms with Gasteiger partial charge < -0.3 is 24.8 Å². The lowest BCUT2D eigenvalue weighted by atomic mass is 9.85. The summed E-state index contributed by atoms with van der Waals surface area (Å²) in [4.78, 5) is 24.1. The first-order chi connectivity index (χ1) is 12.4. The van der Waals surface area contributed by atoms with Crippen LogP contribution < -0.4 is 0 Å². The van der Waals surface area contributed by atoms with Gasteiger partial charge in [0, 0.05) is 12.0 Å². The van der Waals surface area contributed by atoms with E-state index in [0.29, 0.717) is 24.0 Å². The van der Waals surface area contributed by atoms with Gasteiger partial charge in [-0.1, -0.05) is 19.2 Å². The topological polar surface area (TPSA) is 113 Å². The number of ether oxygens (including phenoxy) is 2. The van der Waals surface area contributed by atoms with E-state index in [1.165, 1.54) is 0 Å². The number of hydrogen-bond donors (Lipinski definition) is 3. The Morgan fingerprint density at radius 2 is 1.96 bits per heavy atom. The van der Waals surface area contributed by atoms with Crippen LogP contribution in [-0.4, -0.2) is 59.3 Å². The van der Waals surface area contributed by atoms with Crippen LogP contribution in [0.5, 0.6) is 0 Å². The highest BCUT2D eigenvalue weighted by atomic mass is 16.6. The zero-order chi connectivity index (χ0) is 19.3. The average molecular weight is 364 g/mol. The Hall–Kier alpha value is -2.22. The normalized spacial score (nSPS) is 30.3. The molecular weight excluding hydrogens is 340 g/mol. The van der Waals surface area contributed by atoms with E-state index in [-0.39, 0.29) is 30.8 Å². The third-order valence-electron chi connectivity index (χ3n) is 4.57. The van der Waals surface area contributed by atoms with Gasteiger partial charge >= 0.3 is 11.9 Å². The van der Waals surface area contributed by atoms with Crippen molar-refractivity contribution in [1.29, 1.82) is 0 Å². The molecule has 142 valence electrons. The van der Waals surface area contributed by atoms with Crippen LogP contribution in [-0.2, 0) is 19.1 Å². The molecule has 0 saturated carbocycles. The van der Waals surface area contributed by atoms with E-state index >= 15 is 0 Å². The van der Waals surface area contributed by atoms with Gasteiger partial charge in [-0.25, -0.2) is 9.59 Å². The Balaban J connectivity index is 2.41. The first-order valence-corrected chi connectivity index (χ1v) is 8.39. The van der Waals surface area contributed by atoms with Gasteiger partial charge in [0.25, 0.3) is 0 Å². The highest BCUT2D eigenvalue weighted by Gasteiger charge is 2.44. The van der Waals surface area contributed by atoms with E-state index in [1.807, 2.05) is 6.08 Å². The molecular formula is C19H24O7. The smallest absolute Gasteiger partial charge is 0.336 e. The number of carbonyl (C=O) groups is 2. The standard InChI is InChI=1S/C19H24O7/c1-11(8-20)18(23)25-15-6-13(9-21)4-3-5-14(10-22)7-16-17(15)12(2)19(24)26-16/h4,7,15-17,20-22H,1-3,5-6,8-10H2/b13-4+,14-7+/t15-,16+,17+/m0/s1. The molecule has 0 aromatic rings. The Kier molecular flexibility index (Phi) is 6.90. The highest BCUT2D eigenvalue weighted by Crippen LogP contribution is 2.36. The van der Waals surface area contributed by atoms with Gasteiger partial charge in [-0.15, -0.1) is 0 Å². The van der Waals surface area contributed by atoms with Crippen molar-refractivity contribution in [3.05, 3.63) is 47.6 Å². The van der Waals surface area contributed by atoms with Gasteiger partial charge in [-0.3, -0.25) is 0 Å². The molecule has 2 rings (SSSR count). The van der Waals surface area contributed by atoms with Crippen molar-refractivity contribution >= 4 is 11.9 Å². The van der Waals surface area contributed by atoms with Gasteiger partial charge in [-0.05, 0) is 30.1 Å². The molecule has 0 bridgehead atoms. The summed E-state index contributed by atoms with van der Waals surface area (Å²) in [5.74, 6) is -2.04. The molecule has 3 atom stereocenters. The fourth-order valence-corrected chi connectivity index (χ4v) is 3.09. The second-order valence-corrected chi connectivity index (χ2v) is 6.37. The van der Waals surface area contributed by atoms with Crippen molar-refractivity contribution in [3.8, 4) is 0 Å². The predicted molar refractivity (Wildman–Crippen MR) is 92.8 cm³/mol. The second kappa shape index (κ2) is 8.93. The van der Waals surface area contributed by atoms with Crippen LogP contribution in [0.2, 0.25) is 0 Å². The van der Waals surface area contributed by atoms with Gasteiger partial charge in [0.05, 0.1) is 31.3 Å². The monoisotopic (exact) mass is 364 g/mol. The third kappa shape index (κ3) is 4.49. The summed E-state index contributed by atoms with van der Waals surface area (Å²) < 4.78 is 10.8. The van der Waals surface area contributed by atoms with E-state index in [1.54, 1.807) is 6.08 Å². The van der Waals surface area contributed by atoms with Crippen LogP contribution in [0.4, 0.5) is 0 Å². The lowest BCUT2D eigenvalue weighted by Gasteiger charge is -2.28. The fourth-order valence-electron chi connectivity index (χ4n) is 3.09. The molecule has 0 amide bonds. The molecule has 0 radical (unpaired) electrons. The number of rotatable bonds is 5. The van der Waals surface area contributed by atoms with Crippen LogP contribution >= 0.6 is 0 Å². The number of esters is 2. The quantitative estimate of drug-likeness (QED) is 0.371. The van der Waals surface area contributed by atoms with Gasteiger partial charge in [-0.2, -0.15) is 0 Å². The molecule has 1 saturated heterocycles. The molecule has 0 aromatic carbocycles. The lowest BCUT2D eigenvalue weighted by molar-refractivity contribution is -0.147.